The second kappa shape index (κ2) is 3.89. The zero-order chi connectivity index (χ0) is 12.7. The molecule has 0 saturated heterocycles. The number of hydrogen-bond donors (Lipinski definition) is 2. The van der Waals surface area contributed by atoms with E-state index in [2.05, 4.69) is 16.4 Å². The Bertz CT molecular complexity index is 663. The first kappa shape index (κ1) is 10.9. The zero-order valence-electron chi connectivity index (χ0n) is 9.60. The van der Waals surface area contributed by atoms with Gasteiger partial charge in [-0.1, -0.05) is 6.07 Å². The number of aryl methyl sites for hydroxylation is 1. The summed E-state index contributed by atoms with van der Waals surface area (Å²) < 4.78 is 5.46. The van der Waals surface area contributed by atoms with Gasteiger partial charge in [0.1, 0.15) is 11.5 Å². The monoisotopic (exact) mass is 258 g/mol. The van der Waals surface area contributed by atoms with E-state index in [9.17, 15) is 5.26 Å². The predicted octanol–water partition coefficient (Wildman–Crippen LogP) is 2.30. The molecule has 0 aliphatic carbocycles. The standard InChI is InChI=1S/C12H10N4OS/c1-6-15-10-9(8-3-2-4-18-8)7(5-13)11(14)16-12(10)17-6/h2-4,9,16H,14H2,1H3/t9-/m1/s1. The maximum atomic E-state index is 9.28. The molecule has 6 heteroatoms. The highest BCUT2D eigenvalue weighted by Gasteiger charge is 2.33. The van der Waals surface area contributed by atoms with E-state index in [1.54, 1.807) is 18.3 Å². The van der Waals surface area contributed by atoms with Crippen LogP contribution in [0.1, 0.15) is 22.4 Å². The van der Waals surface area contributed by atoms with Crippen molar-refractivity contribution < 1.29 is 4.42 Å². The molecular weight excluding hydrogens is 248 g/mol. The van der Waals surface area contributed by atoms with E-state index in [4.69, 9.17) is 10.2 Å². The Kier molecular flexibility index (Phi) is 2.35. The van der Waals surface area contributed by atoms with Crippen molar-refractivity contribution in [3.05, 3.63) is 45.4 Å². The van der Waals surface area contributed by atoms with Crippen LogP contribution in [0.5, 0.6) is 0 Å². The Morgan fingerprint density at radius 2 is 2.44 bits per heavy atom. The van der Waals surface area contributed by atoms with Crippen LogP contribution in [0.15, 0.2) is 33.3 Å². The van der Waals surface area contributed by atoms with Crippen LogP contribution in [0.2, 0.25) is 0 Å². The van der Waals surface area contributed by atoms with Crippen LogP contribution in [0.25, 0.3) is 0 Å². The van der Waals surface area contributed by atoms with Gasteiger partial charge >= 0.3 is 0 Å². The number of nitriles is 1. The van der Waals surface area contributed by atoms with E-state index < -0.39 is 0 Å². The van der Waals surface area contributed by atoms with Gasteiger partial charge in [-0.25, -0.2) is 4.98 Å². The third-order valence-electron chi connectivity index (χ3n) is 2.81. The predicted molar refractivity (Wildman–Crippen MR) is 67.9 cm³/mol. The number of nitrogens with two attached hydrogens (primary N) is 1. The van der Waals surface area contributed by atoms with Crippen LogP contribution >= 0.6 is 11.3 Å². The number of hydrogen-bond acceptors (Lipinski definition) is 6. The summed E-state index contributed by atoms with van der Waals surface area (Å²) in [6.07, 6.45) is 0. The smallest absolute Gasteiger partial charge is 0.223 e. The Hall–Kier alpha value is -2.26. The van der Waals surface area contributed by atoms with Gasteiger partial charge in [-0.2, -0.15) is 5.26 Å². The molecule has 1 aliphatic heterocycles. The molecule has 0 aromatic carbocycles. The van der Waals surface area contributed by atoms with Crippen LogP contribution < -0.4 is 11.1 Å². The van der Waals surface area contributed by atoms with E-state index in [0.29, 0.717) is 23.2 Å². The number of rotatable bonds is 1. The molecule has 0 unspecified atom stereocenters. The van der Waals surface area contributed by atoms with Crippen LogP contribution in [0.3, 0.4) is 0 Å². The average Bonchev–Trinajstić information content (AvgIpc) is 2.95. The van der Waals surface area contributed by atoms with Crippen LogP contribution in [-0.2, 0) is 0 Å². The van der Waals surface area contributed by atoms with Gasteiger partial charge in [0.2, 0.25) is 5.88 Å². The van der Waals surface area contributed by atoms with Crippen molar-refractivity contribution >= 4 is 17.2 Å². The van der Waals surface area contributed by atoms with Gasteiger partial charge in [-0.3, -0.25) is 0 Å². The van der Waals surface area contributed by atoms with E-state index in [1.807, 2.05) is 17.5 Å². The molecule has 0 amide bonds. The number of oxazole rings is 1. The van der Waals surface area contributed by atoms with E-state index in [1.165, 1.54) is 0 Å². The van der Waals surface area contributed by atoms with Gasteiger partial charge in [0, 0.05) is 11.8 Å². The molecule has 1 atom stereocenters. The Morgan fingerprint density at radius 3 is 3.11 bits per heavy atom. The van der Waals surface area contributed by atoms with Crippen molar-refractivity contribution in [2.45, 2.75) is 12.8 Å². The fourth-order valence-electron chi connectivity index (χ4n) is 2.07. The molecule has 0 spiro atoms. The molecule has 3 N–H and O–H groups in total. The number of fused-ring (bicyclic) bond motifs is 1. The molecule has 3 heterocycles. The van der Waals surface area contributed by atoms with Crippen molar-refractivity contribution in [3.63, 3.8) is 0 Å². The highest BCUT2D eigenvalue weighted by Crippen LogP contribution is 2.41. The van der Waals surface area contributed by atoms with Crippen molar-refractivity contribution in [2.24, 2.45) is 5.73 Å². The SMILES string of the molecule is Cc1nc2c(o1)NC(N)=C(C#N)[C@@H]2c1cccs1. The first-order valence-electron chi connectivity index (χ1n) is 5.38. The summed E-state index contributed by atoms with van der Waals surface area (Å²) >= 11 is 1.57. The topological polar surface area (TPSA) is 87.9 Å². The number of nitrogens with zero attached hydrogens (tertiary/aromatic N) is 2. The lowest BCUT2D eigenvalue weighted by Crippen LogP contribution is -2.22. The number of allylic oxidation sites excluding steroid dienone is 1. The molecule has 2 aromatic rings. The number of thiophene rings is 1. The third-order valence-corrected chi connectivity index (χ3v) is 3.75. The summed E-state index contributed by atoms with van der Waals surface area (Å²) in [5.74, 6) is 1.19. The maximum Gasteiger partial charge on any atom is 0.223 e. The first-order valence-corrected chi connectivity index (χ1v) is 6.26. The highest BCUT2D eigenvalue weighted by molar-refractivity contribution is 7.10. The minimum Gasteiger partial charge on any atom is -0.425 e. The molecule has 0 saturated carbocycles. The number of aromatic nitrogens is 1. The lowest BCUT2D eigenvalue weighted by molar-refractivity contribution is 0.534. The largest absolute Gasteiger partial charge is 0.425 e. The van der Waals surface area contributed by atoms with Gasteiger partial charge in [0.15, 0.2) is 5.89 Å². The minimum absolute atomic E-state index is 0.233. The zero-order valence-corrected chi connectivity index (χ0v) is 10.4. The minimum atomic E-state index is -0.233. The molecule has 2 aromatic heterocycles. The van der Waals surface area contributed by atoms with E-state index >= 15 is 0 Å². The summed E-state index contributed by atoms with van der Waals surface area (Å²) in [5.41, 5.74) is 7.08. The second-order valence-electron chi connectivity index (χ2n) is 3.96. The summed E-state index contributed by atoms with van der Waals surface area (Å²) in [7, 11) is 0. The highest BCUT2D eigenvalue weighted by atomic mass is 32.1. The molecule has 18 heavy (non-hydrogen) atoms. The molecule has 0 bridgehead atoms. The second-order valence-corrected chi connectivity index (χ2v) is 4.94. The summed E-state index contributed by atoms with van der Waals surface area (Å²) in [5, 5.41) is 14.1. The van der Waals surface area contributed by atoms with Gasteiger partial charge in [0.05, 0.1) is 17.6 Å². The quantitative estimate of drug-likeness (QED) is 0.819. The third kappa shape index (κ3) is 1.49. The Morgan fingerprint density at radius 1 is 1.61 bits per heavy atom. The van der Waals surface area contributed by atoms with Gasteiger partial charge in [-0.05, 0) is 11.4 Å². The van der Waals surface area contributed by atoms with Crippen molar-refractivity contribution in [3.8, 4) is 6.07 Å². The van der Waals surface area contributed by atoms with Crippen LogP contribution in [-0.4, -0.2) is 4.98 Å². The average molecular weight is 258 g/mol. The molecular formula is C12H10N4OS. The van der Waals surface area contributed by atoms with E-state index in [0.717, 1.165) is 10.6 Å². The van der Waals surface area contributed by atoms with Gasteiger partial charge < -0.3 is 15.5 Å². The molecule has 0 radical (unpaired) electrons. The Labute approximate surface area is 108 Å². The number of anilines is 1. The Balaban J connectivity index is 2.22. The lowest BCUT2D eigenvalue weighted by Gasteiger charge is -2.21. The molecule has 0 fully saturated rings. The van der Waals surface area contributed by atoms with Crippen LogP contribution in [0, 0.1) is 18.3 Å². The van der Waals surface area contributed by atoms with Crippen molar-refractivity contribution in [1.29, 1.82) is 5.26 Å². The van der Waals surface area contributed by atoms with Gasteiger partial charge in [-0.15, -0.1) is 11.3 Å². The van der Waals surface area contributed by atoms with Gasteiger partial charge in [0.25, 0.3) is 0 Å². The van der Waals surface area contributed by atoms with Crippen molar-refractivity contribution in [2.75, 3.05) is 5.32 Å². The molecule has 3 rings (SSSR count). The first-order chi connectivity index (χ1) is 8.70. The van der Waals surface area contributed by atoms with Crippen LogP contribution in [0.4, 0.5) is 5.88 Å². The molecule has 90 valence electrons. The fraction of sp³-hybridized carbons (Fsp3) is 0.167. The maximum absolute atomic E-state index is 9.28. The lowest BCUT2D eigenvalue weighted by atomic mass is 9.92. The summed E-state index contributed by atoms with van der Waals surface area (Å²) in [4.78, 5) is 5.39. The normalized spacial score (nSPS) is 18.1. The number of nitrogens with one attached hydrogen (secondary N) is 1. The molecule has 5 nitrogen and oxygen atoms in total. The fourth-order valence-corrected chi connectivity index (χ4v) is 2.90. The van der Waals surface area contributed by atoms with E-state index in [-0.39, 0.29) is 5.92 Å². The summed E-state index contributed by atoms with van der Waals surface area (Å²) in [6, 6.07) is 6.07. The molecule has 1 aliphatic rings. The van der Waals surface area contributed by atoms with Crippen molar-refractivity contribution in [1.82, 2.24) is 4.98 Å². The summed E-state index contributed by atoms with van der Waals surface area (Å²) in [6.45, 7) is 1.77.